The van der Waals surface area contributed by atoms with E-state index in [4.69, 9.17) is 21.4 Å². The maximum atomic E-state index is 11.9. The number of urea groups is 1. The van der Waals surface area contributed by atoms with Crippen molar-refractivity contribution in [1.29, 1.82) is 0 Å². The number of halogens is 1. The first-order valence-corrected chi connectivity index (χ1v) is 7.05. The van der Waals surface area contributed by atoms with Crippen LogP contribution in [0.2, 0.25) is 5.02 Å². The van der Waals surface area contributed by atoms with Crippen LogP contribution in [0.4, 0.5) is 4.79 Å². The molecule has 1 aromatic carbocycles. The molecule has 0 aliphatic rings. The SMILES string of the molecule is CCOc1cc(Cl)ccc1CNC(=O)N(CC)CCO. The van der Waals surface area contributed by atoms with Crippen LogP contribution in [0.3, 0.4) is 0 Å². The molecule has 0 aliphatic carbocycles. The molecular formula is C14H21ClN2O3. The van der Waals surface area contributed by atoms with Crippen LogP contribution in [0, 0.1) is 0 Å². The zero-order chi connectivity index (χ0) is 15.0. The molecule has 0 aliphatic heterocycles. The Balaban J connectivity index is 2.66. The third-order valence-electron chi connectivity index (χ3n) is 2.80. The number of benzene rings is 1. The zero-order valence-electron chi connectivity index (χ0n) is 11.9. The van der Waals surface area contributed by atoms with E-state index in [2.05, 4.69) is 5.32 Å². The predicted molar refractivity (Wildman–Crippen MR) is 79.2 cm³/mol. The molecule has 0 heterocycles. The Bertz CT molecular complexity index is 440. The van der Waals surface area contributed by atoms with E-state index in [9.17, 15) is 4.79 Å². The highest BCUT2D eigenvalue weighted by Gasteiger charge is 2.11. The second-order valence-electron chi connectivity index (χ2n) is 4.15. The molecule has 1 rings (SSSR count). The third kappa shape index (κ3) is 4.90. The van der Waals surface area contributed by atoms with Gasteiger partial charge in [-0.05, 0) is 26.0 Å². The minimum atomic E-state index is -0.209. The van der Waals surface area contributed by atoms with E-state index in [0.29, 0.717) is 37.0 Å². The minimum absolute atomic E-state index is 0.0492. The molecule has 1 aromatic rings. The smallest absolute Gasteiger partial charge is 0.317 e. The minimum Gasteiger partial charge on any atom is -0.493 e. The molecule has 0 aromatic heterocycles. The number of aliphatic hydroxyl groups excluding tert-OH is 1. The van der Waals surface area contributed by atoms with Gasteiger partial charge in [-0.2, -0.15) is 0 Å². The molecule has 2 N–H and O–H groups in total. The molecule has 5 nitrogen and oxygen atoms in total. The molecule has 20 heavy (non-hydrogen) atoms. The molecule has 0 bridgehead atoms. The van der Waals surface area contributed by atoms with Crippen LogP contribution in [0.25, 0.3) is 0 Å². The molecule has 6 heteroatoms. The first kappa shape index (κ1) is 16.6. The lowest BCUT2D eigenvalue weighted by Gasteiger charge is -2.20. The summed E-state index contributed by atoms with van der Waals surface area (Å²) in [7, 11) is 0. The molecule has 0 saturated heterocycles. The maximum Gasteiger partial charge on any atom is 0.317 e. The number of aliphatic hydroxyl groups is 1. The molecule has 0 unspecified atom stereocenters. The van der Waals surface area contributed by atoms with Gasteiger partial charge in [-0.15, -0.1) is 0 Å². The van der Waals surface area contributed by atoms with Crippen molar-refractivity contribution in [2.24, 2.45) is 0 Å². The number of likely N-dealkylation sites (N-methyl/N-ethyl adjacent to an activating group) is 1. The van der Waals surface area contributed by atoms with Gasteiger partial charge in [0, 0.05) is 30.2 Å². The lowest BCUT2D eigenvalue weighted by atomic mass is 10.2. The Morgan fingerprint density at radius 1 is 1.45 bits per heavy atom. The lowest BCUT2D eigenvalue weighted by molar-refractivity contribution is 0.180. The average molecular weight is 301 g/mol. The summed E-state index contributed by atoms with van der Waals surface area (Å²) in [6, 6.07) is 5.11. The first-order chi connectivity index (χ1) is 9.62. The summed E-state index contributed by atoms with van der Waals surface area (Å²) in [6.45, 7) is 5.46. The Kier molecular flexibility index (Phi) is 7.18. The van der Waals surface area contributed by atoms with Gasteiger partial charge in [0.1, 0.15) is 5.75 Å². The van der Waals surface area contributed by atoms with Crippen LogP contribution < -0.4 is 10.1 Å². The second kappa shape index (κ2) is 8.66. The molecule has 0 saturated carbocycles. The number of rotatable bonds is 7. The van der Waals surface area contributed by atoms with Gasteiger partial charge in [0.25, 0.3) is 0 Å². The summed E-state index contributed by atoms with van der Waals surface area (Å²) in [5.74, 6) is 0.672. The van der Waals surface area contributed by atoms with E-state index in [1.54, 1.807) is 12.1 Å². The predicted octanol–water partition coefficient (Wildman–Crippen LogP) is 2.26. The number of hydrogen-bond donors (Lipinski definition) is 2. The molecule has 0 atom stereocenters. The normalized spacial score (nSPS) is 10.2. The fraction of sp³-hybridized carbons (Fsp3) is 0.500. The second-order valence-corrected chi connectivity index (χ2v) is 4.58. The summed E-state index contributed by atoms with van der Waals surface area (Å²) >= 11 is 5.93. The first-order valence-electron chi connectivity index (χ1n) is 6.67. The highest BCUT2D eigenvalue weighted by atomic mass is 35.5. The molecule has 0 spiro atoms. The van der Waals surface area contributed by atoms with Crippen LogP contribution in [-0.2, 0) is 6.54 Å². The van der Waals surface area contributed by atoms with Crippen molar-refractivity contribution in [3.05, 3.63) is 28.8 Å². The van der Waals surface area contributed by atoms with E-state index < -0.39 is 0 Å². The topological polar surface area (TPSA) is 61.8 Å². The van der Waals surface area contributed by atoms with Crippen LogP contribution in [0.15, 0.2) is 18.2 Å². The van der Waals surface area contributed by atoms with Crippen LogP contribution in [0.5, 0.6) is 5.75 Å². The maximum absolute atomic E-state index is 11.9. The summed E-state index contributed by atoms with van der Waals surface area (Å²) in [5.41, 5.74) is 0.865. The van der Waals surface area contributed by atoms with Gasteiger partial charge < -0.3 is 20.1 Å². The average Bonchev–Trinajstić information content (AvgIpc) is 2.44. The molecular weight excluding hydrogens is 280 g/mol. The fourth-order valence-electron chi connectivity index (χ4n) is 1.77. The van der Waals surface area contributed by atoms with Crippen molar-refractivity contribution in [3.8, 4) is 5.75 Å². The highest BCUT2D eigenvalue weighted by molar-refractivity contribution is 6.30. The summed E-state index contributed by atoms with van der Waals surface area (Å²) in [5, 5.41) is 12.3. The van der Waals surface area contributed by atoms with Crippen molar-refractivity contribution in [3.63, 3.8) is 0 Å². The standard InChI is InChI=1S/C14H21ClN2O3/c1-3-17(7-8-18)14(19)16-10-11-5-6-12(15)9-13(11)20-4-2/h5-6,9,18H,3-4,7-8,10H2,1-2H3,(H,16,19). The zero-order valence-corrected chi connectivity index (χ0v) is 12.6. The van der Waals surface area contributed by atoms with E-state index in [1.165, 1.54) is 4.90 Å². The Morgan fingerprint density at radius 3 is 2.80 bits per heavy atom. The van der Waals surface area contributed by atoms with E-state index in [1.807, 2.05) is 19.9 Å². The number of nitrogens with zero attached hydrogens (tertiary/aromatic N) is 1. The summed E-state index contributed by atoms with van der Waals surface area (Å²) in [4.78, 5) is 13.4. The lowest BCUT2D eigenvalue weighted by Crippen LogP contribution is -2.41. The van der Waals surface area contributed by atoms with Crippen LogP contribution in [-0.4, -0.2) is 42.3 Å². The summed E-state index contributed by atoms with van der Waals surface area (Å²) in [6.07, 6.45) is 0. The van der Waals surface area contributed by atoms with Gasteiger partial charge in [0.2, 0.25) is 0 Å². The molecule has 2 amide bonds. The number of ether oxygens (including phenoxy) is 1. The third-order valence-corrected chi connectivity index (χ3v) is 3.03. The van der Waals surface area contributed by atoms with Crippen molar-refractivity contribution in [2.75, 3.05) is 26.3 Å². The van der Waals surface area contributed by atoms with Crippen LogP contribution in [0.1, 0.15) is 19.4 Å². The van der Waals surface area contributed by atoms with Gasteiger partial charge in [-0.1, -0.05) is 17.7 Å². The van der Waals surface area contributed by atoms with E-state index in [0.717, 1.165) is 5.56 Å². The summed E-state index contributed by atoms with van der Waals surface area (Å²) < 4.78 is 5.50. The highest BCUT2D eigenvalue weighted by Crippen LogP contribution is 2.23. The van der Waals surface area contributed by atoms with Crippen molar-refractivity contribution in [1.82, 2.24) is 10.2 Å². The number of carbonyl (C=O) groups is 1. The largest absolute Gasteiger partial charge is 0.493 e. The van der Waals surface area contributed by atoms with Gasteiger partial charge in [0.05, 0.1) is 13.2 Å². The van der Waals surface area contributed by atoms with Gasteiger partial charge in [0.15, 0.2) is 0 Å². The van der Waals surface area contributed by atoms with Gasteiger partial charge in [-0.25, -0.2) is 4.79 Å². The molecule has 112 valence electrons. The Hall–Kier alpha value is -1.46. The number of nitrogens with one attached hydrogen (secondary N) is 1. The van der Waals surface area contributed by atoms with E-state index >= 15 is 0 Å². The van der Waals surface area contributed by atoms with Crippen molar-refractivity contribution >= 4 is 17.6 Å². The van der Waals surface area contributed by atoms with E-state index in [-0.39, 0.29) is 12.6 Å². The monoisotopic (exact) mass is 300 g/mol. The van der Waals surface area contributed by atoms with Gasteiger partial charge >= 0.3 is 6.03 Å². The number of carbonyl (C=O) groups excluding carboxylic acids is 1. The fourth-order valence-corrected chi connectivity index (χ4v) is 1.93. The van der Waals surface area contributed by atoms with Gasteiger partial charge in [-0.3, -0.25) is 0 Å². The van der Waals surface area contributed by atoms with Crippen molar-refractivity contribution in [2.45, 2.75) is 20.4 Å². The number of hydrogen-bond acceptors (Lipinski definition) is 3. The molecule has 0 radical (unpaired) electrons. The molecule has 0 fully saturated rings. The Labute approximate surface area is 124 Å². The number of amides is 2. The van der Waals surface area contributed by atoms with Crippen LogP contribution >= 0.6 is 11.6 Å². The quantitative estimate of drug-likeness (QED) is 0.812. The Morgan fingerprint density at radius 2 is 2.20 bits per heavy atom. The van der Waals surface area contributed by atoms with Crippen molar-refractivity contribution < 1.29 is 14.6 Å².